The van der Waals surface area contributed by atoms with E-state index in [0.717, 1.165) is 26.2 Å². The van der Waals surface area contributed by atoms with Gasteiger partial charge in [0.1, 0.15) is 0 Å². The molecule has 1 fully saturated rings. The number of hydrogen-bond donors (Lipinski definition) is 2. The first-order valence-corrected chi connectivity index (χ1v) is 8.48. The second-order valence-electron chi connectivity index (χ2n) is 5.65. The number of carboxylic acids is 1. The molecule has 8 heteroatoms. The lowest BCUT2D eigenvalue weighted by Crippen LogP contribution is -2.54. The second-order valence-corrected chi connectivity index (χ2v) is 7.46. The fraction of sp³-hybridized carbons (Fsp3) is 0.917. The minimum absolute atomic E-state index is 0.0901. The van der Waals surface area contributed by atoms with Crippen LogP contribution in [-0.4, -0.2) is 80.9 Å². The first-order valence-electron chi connectivity index (χ1n) is 6.83. The van der Waals surface area contributed by atoms with E-state index in [9.17, 15) is 13.2 Å². The number of rotatable bonds is 7. The van der Waals surface area contributed by atoms with Gasteiger partial charge in [-0.15, -0.1) is 0 Å². The van der Waals surface area contributed by atoms with Crippen LogP contribution < -0.4 is 4.72 Å². The standard InChI is InChI=1S/C12H25N3O4S/c1-10(2)11(15-6-4-14(3)5-7-15)8-13-20(18,19)9-12(16)17/h10-11,13H,4-9H2,1-3H3,(H,16,17). The largest absolute Gasteiger partial charge is 0.480 e. The monoisotopic (exact) mass is 307 g/mol. The number of aliphatic carboxylic acids is 1. The van der Waals surface area contributed by atoms with Crippen molar-refractivity contribution in [3.8, 4) is 0 Å². The van der Waals surface area contributed by atoms with Crippen LogP contribution in [0.1, 0.15) is 13.8 Å². The highest BCUT2D eigenvalue weighted by molar-refractivity contribution is 7.90. The summed E-state index contributed by atoms with van der Waals surface area (Å²) in [6, 6.07) is 0.0901. The molecule has 0 saturated carbocycles. The van der Waals surface area contributed by atoms with Gasteiger partial charge in [-0.1, -0.05) is 13.8 Å². The van der Waals surface area contributed by atoms with E-state index in [2.05, 4.69) is 35.4 Å². The van der Waals surface area contributed by atoms with E-state index in [-0.39, 0.29) is 12.6 Å². The minimum atomic E-state index is -3.75. The van der Waals surface area contributed by atoms with Crippen LogP contribution in [0.3, 0.4) is 0 Å². The van der Waals surface area contributed by atoms with E-state index in [1.807, 2.05) is 0 Å². The molecule has 0 aliphatic carbocycles. The van der Waals surface area contributed by atoms with Crippen LogP contribution in [0, 0.1) is 5.92 Å². The van der Waals surface area contributed by atoms with Gasteiger partial charge in [-0.05, 0) is 13.0 Å². The van der Waals surface area contributed by atoms with E-state index in [1.165, 1.54) is 0 Å². The Balaban J connectivity index is 2.58. The van der Waals surface area contributed by atoms with E-state index >= 15 is 0 Å². The van der Waals surface area contributed by atoms with Crippen LogP contribution >= 0.6 is 0 Å². The molecule has 20 heavy (non-hydrogen) atoms. The minimum Gasteiger partial charge on any atom is -0.480 e. The van der Waals surface area contributed by atoms with Crippen molar-refractivity contribution in [2.45, 2.75) is 19.9 Å². The Morgan fingerprint density at radius 2 is 1.80 bits per heavy atom. The smallest absolute Gasteiger partial charge is 0.320 e. The summed E-state index contributed by atoms with van der Waals surface area (Å²) in [6.07, 6.45) is 0. The molecule has 0 aromatic rings. The molecule has 0 bridgehead atoms. The molecular weight excluding hydrogens is 282 g/mol. The summed E-state index contributed by atoms with van der Waals surface area (Å²) in [7, 11) is -1.68. The highest BCUT2D eigenvalue weighted by Crippen LogP contribution is 2.13. The number of hydrogen-bond acceptors (Lipinski definition) is 5. The van der Waals surface area contributed by atoms with E-state index < -0.39 is 21.7 Å². The van der Waals surface area contributed by atoms with E-state index in [1.54, 1.807) is 0 Å². The lowest BCUT2D eigenvalue weighted by atomic mass is 10.0. The maximum absolute atomic E-state index is 11.6. The molecule has 118 valence electrons. The first kappa shape index (κ1) is 17.4. The van der Waals surface area contributed by atoms with E-state index in [0.29, 0.717) is 5.92 Å². The van der Waals surface area contributed by atoms with Gasteiger partial charge in [-0.3, -0.25) is 9.69 Å². The molecule has 0 radical (unpaired) electrons. The Morgan fingerprint density at radius 3 is 2.25 bits per heavy atom. The summed E-state index contributed by atoms with van der Waals surface area (Å²) in [5.41, 5.74) is 0. The molecule has 0 aromatic carbocycles. The van der Waals surface area contributed by atoms with Crippen LogP contribution in [0.5, 0.6) is 0 Å². The van der Waals surface area contributed by atoms with Gasteiger partial charge >= 0.3 is 5.97 Å². The van der Waals surface area contributed by atoms with Crippen molar-refractivity contribution >= 4 is 16.0 Å². The van der Waals surface area contributed by atoms with Crippen LogP contribution in [-0.2, 0) is 14.8 Å². The fourth-order valence-corrected chi connectivity index (χ4v) is 3.22. The Labute approximate surface area is 121 Å². The Bertz CT molecular complexity index is 416. The number of carboxylic acid groups (broad SMARTS) is 1. The molecule has 7 nitrogen and oxygen atoms in total. The first-order chi connectivity index (χ1) is 9.21. The molecule has 0 spiro atoms. The zero-order valence-corrected chi connectivity index (χ0v) is 13.2. The SMILES string of the molecule is CC(C)C(CNS(=O)(=O)CC(=O)O)N1CCN(C)CC1. The maximum atomic E-state index is 11.6. The number of piperazine rings is 1. The average molecular weight is 307 g/mol. The summed E-state index contributed by atoms with van der Waals surface area (Å²) in [4.78, 5) is 15.0. The summed E-state index contributed by atoms with van der Waals surface area (Å²) < 4.78 is 25.6. The predicted octanol–water partition coefficient (Wildman–Crippen LogP) is -0.738. The van der Waals surface area contributed by atoms with Gasteiger partial charge in [-0.25, -0.2) is 13.1 Å². The third kappa shape index (κ3) is 5.74. The van der Waals surface area contributed by atoms with Crippen molar-refractivity contribution in [3.63, 3.8) is 0 Å². The molecule has 1 unspecified atom stereocenters. The van der Waals surface area contributed by atoms with Crippen LogP contribution in [0.15, 0.2) is 0 Å². The van der Waals surface area contributed by atoms with Crippen molar-refractivity contribution in [1.82, 2.24) is 14.5 Å². The normalized spacial score (nSPS) is 20.2. The number of sulfonamides is 1. The number of nitrogens with one attached hydrogen (secondary N) is 1. The van der Waals surface area contributed by atoms with Gasteiger partial charge < -0.3 is 10.0 Å². The van der Waals surface area contributed by atoms with Gasteiger partial charge in [-0.2, -0.15) is 0 Å². The molecule has 1 aliphatic rings. The molecule has 2 N–H and O–H groups in total. The Morgan fingerprint density at radius 1 is 1.25 bits per heavy atom. The van der Waals surface area contributed by atoms with Crippen molar-refractivity contribution in [3.05, 3.63) is 0 Å². The molecule has 1 atom stereocenters. The second kappa shape index (κ2) is 7.35. The van der Waals surface area contributed by atoms with Gasteiger partial charge in [0, 0.05) is 38.8 Å². The quantitative estimate of drug-likeness (QED) is 0.644. The predicted molar refractivity (Wildman–Crippen MR) is 77.1 cm³/mol. The van der Waals surface area contributed by atoms with Gasteiger partial charge in [0.2, 0.25) is 10.0 Å². The number of nitrogens with zero attached hydrogens (tertiary/aromatic N) is 2. The molecule has 0 aromatic heterocycles. The molecule has 0 amide bonds. The lowest BCUT2D eigenvalue weighted by molar-refractivity contribution is -0.134. The average Bonchev–Trinajstić information content (AvgIpc) is 2.29. The summed E-state index contributed by atoms with van der Waals surface area (Å²) in [6.45, 7) is 8.09. The van der Waals surface area contributed by atoms with Gasteiger partial charge in [0.15, 0.2) is 5.75 Å². The van der Waals surface area contributed by atoms with Crippen molar-refractivity contribution in [1.29, 1.82) is 0 Å². The molecule has 1 aliphatic heterocycles. The van der Waals surface area contributed by atoms with Crippen LogP contribution in [0.4, 0.5) is 0 Å². The number of likely N-dealkylation sites (N-methyl/N-ethyl adjacent to an activating group) is 1. The third-order valence-electron chi connectivity index (χ3n) is 3.60. The Hall–Kier alpha value is -0.700. The van der Waals surface area contributed by atoms with Gasteiger partial charge in [0.25, 0.3) is 0 Å². The highest BCUT2D eigenvalue weighted by atomic mass is 32.2. The number of carbonyl (C=O) groups is 1. The third-order valence-corrected chi connectivity index (χ3v) is 4.84. The molecule has 1 rings (SSSR count). The molecule has 1 heterocycles. The zero-order chi connectivity index (χ0) is 15.3. The van der Waals surface area contributed by atoms with Crippen LogP contribution in [0.2, 0.25) is 0 Å². The lowest BCUT2D eigenvalue weighted by Gasteiger charge is -2.39. The topological polar surface area (TPSA) is 89.9 Å². The molecular formula is C12H25N3O4S. The summed E-state index contributed by atoms with van der Waals surface area (Å²) >= 11 is 0. The highest BCUT2D eigenvalue weighted by Gasteiger charge is 2.26. The maximum Gasteiger partial charge on any atom is 0.320 e. The van der Waals surface area contributed by atoms with Crippen LogP contribution in [0.25, 0.3) is 0 Å². The van der Waals surface area contributed by atoms with Crippen molar-refractivity contribution in [2.24, 2.45) is 5.92 Å². The summed E-state index contributed by atoms with van der Waals surface area (Å²) in [5.74, 6) is -1.91. The fourth-order valence-electron chi connectivity index (χ4n) is 2.37. The zero-order valence-electron chi connectivity index (χ0n) is 12.4. The van der Waals surface area contributed by atoms with E-state index in [4.69, 9.17) is 5.11 Å². The Kier molecular flexibility index (Phi) is 6.38. The van der Waals surface area contributed by atoms with Crippen molar-refractivity contribution < 1.29 is 18.3 Å². The van der Waals surface area contributed by atoms with Gasteiger partial charge in [0.05, 0.1) is 0 Å². The van der Waals surface area contributed by atoms with Crippen molar-refractivity contribution in [2.75, 3.05) is 45.5 Å². The molecule has 1 saturated heterocycles. The summed E-state index contributed by atoms with van der Waals surface area (Å²) in [5, 5.41) is 8.57.